The number of ether oxygens (including phenoxy) is 3. The van der Waals surface area contributed by atoms with Crippen LogP contribution in [0.5, 0.6) is 0 Å². The molecule has 0 saturated heterocycles. The van der Waals surface area contributed by atoms with Crippen molar-refractivity contribution in [1.29, 1.82) is 0 Å². The van der Waals surface area contributed by atoms with Crippen LogP contribution < -0.4 is 0 Å². The van der Waals surface area contributed by atoms with Crippen molar-refractivity contribution >= 4 is 6.09 Å². The highest BCUT2D eigenvalue weighted by atomic mass is 16.6. The molecule has 4 fully saturated rings. The molecule has 4 aliphatic carbocycles. The van der Waals surface area contributed by atoms with Gasteiger partial charge < -0.3 is 29.3 Å². The van der Waals surface area contributed by atoms with Gasteiger partial charge in [0.15, 0.2) is 0 Å². The van der Waals surface area contributed by atoms with Gasteiger partial charge in [0.2, 0.25) is 0 Å². The van der Waals surface area contributed by atoms with Crippen LogP contribution in [0.1, 0.15) is 52.4 Å². The number of aliphatic hydroxyl groups is 2. The summed E-state index contributed by atoms with van der Waals surface area (Å²) in [7, 11) is 0. The van der Waals surface area contributed by atoms with E-state index in [0.717, 1.165) is 19.3 Å². The lowest BCUT2D eigenvalue weighted by atomic mass is 9.42. The number of nitrogens with zero attached hydrogens (tertiary/aromatic N) is 1. The van der Waals surface area contributed by atoms with Crippen LogP contribution in [0, 0.1) is 16.7 Å². The van der Waals surface area contributed by atoms with E-state index in [1.165, 1.54) is 19.3 Å². The van der Waals surface area contributed by atoms with Gasteiger partial charge in [-0.2, -0.15) is 0 Å². The molecule has 2 N–H and O–H groups in total. The van der Waals surface area contributed by atoms with E-state index in [0.29, 0.717) is 49.7 Å². The molecule has 1 amide bonds. The second kappa shape index (κ2) is 8.86. The molecule has 7 heteroatoms. The second-order valence-corrected chi connectivity index (χ2v) is 9.79. The summed E-state index contributed by atoms with van der Waals surface area (Å²) in [6.45, 7) is 6.73. The molecule has 0 aliphatic heterocycles. The first kappa shape index (κ1) is 21.8. The Morgan fingerprint density at radius 1 is 0.893 bits per heavy atom. The van der Waals surface area contributed by atoms with E-state index in [1.807, 2.05) is 4.90 Å². The lowest BCUT2D eigenvalue weighted by Crippen LogP contribution is -2.66. The molecule has 0 radical (unpaired) electrons. The predicted octanol–water partition coefficient (Wildman–Crippen LogP) is 2.19. The average Bonchev–Trinajstić information content (AvgIpc) is 2.58. The molecule has 0 aromatic heterocycles. The molecule has 28 heavy (non-hydrogen) atoms. The molecule has 7 nitrogen and oxygen atoms in total. The Kier molecular flexibility index (Phi) is 6.90. The Morgan fingerprint density at radius 3 is 2.07 bits per heavy atom. The Balaban J connectivity index is 1.66. The van der Waals surface area contributed by atoms with Crippen molar-refractivity contribution in [2.45, 2.75) is 57.9 Å². The largest absolute Gasteiger partial charge is 0.447 e. The van der Waals surface area contributed by atoms with Crippen LogP contribution in [0.3, 0.4) is 0 Å². The van der Waals surface area contributed by atoms with Crippen molar-refractivity contribution in [2.75, 3.05) is 52.8 Å². The van der Waals surface area contributed by atoms with Gasteiger partial charge in [0.1, 0.15) is 6.61 Å². The third-order valence-electron chi connectivity index (χ3n) is 6.77. The maximum absolute atomic E-state index is 12.9. The van der Waals surface area contributed by atoms with Crippen molar-refractivity contribution in [3.05, 3.63) is 0 Å². The lowest BCUT2D eigenvalue weighted by molar-refractivity contribution is -0.156. The maximum Gasteiger partial charge on any atom is 0.410 e. The summed E-state index contributed by atoms with van der Waals surface area (Å²) in [5.74, 6) is 0.673. The van der Waals surface area contributed by atoms with Gasteiger partial charge in [0, 0.05) is 12.1 Å². The molecule has 4 aliphatic rings. The first-order chi connectivity index (χ1) is 13.3. The van der Waals surface area contributed by atoms with E-state index < -0.39 is 0 Å². The summed E-state index contributed by atoms with van der Waals surface area (Å²) in [5.41, 5.74) is 0.428. The zero-order valence-corrected chi connectivity index (χ0v) is 17.5. The molecule has 0 aromatic carbocycles. The molecule has 4 saturated carbocycles. The van der Waals surface area contributed by atoms with E-state index in [9.17, 15) is 4.79 Å². The van der Waals surface area contributed by atoms with Crippen molar-refractivity contribution in [2.24, 2.45) is 16.7 Å². The van der Waals surface area contributed by atoms with Gasteiger partial charge in [-0.1, -0.05) is 13.8 Å². The Labute approximate surface area is 168 Å². The van der Waals surface area contributed by atoms with Gasteiger partial charge in [-0.15, -0.1) is 0 Å². The van der Waals surface area contributed by atoms with Crippen LogP contribution in [0.4, 0.5) is 4.79 Å². The molecule has 162 valence electrons. The quantitative estimate of drug-likeness (QED) is 0.518. The van der Waals surface area contributed by atoms with Crippen molar-refractivity contribution < 1.29 is 29.2 Å². The zero-order valence-electron chi connectivity index (χ0n) is 17.5. The molecule has 4 bridgehead atoms. The molecule has 4 atom stereocenters. The first-order valence-electron chi connectivity index (χ1n) is 10.7. The van der Waals surface area contributed by atoms with E-state index in [1.54, 1.807) is 0 Å². The molecular formula is C21H37NO6. The van der Waals surface area contributed by atoms with Crippen LogP contribution >= 0.6 is 0 Å². The maximum atomic E-state index is 12.9. The zero-order chi connectivity index (χ0) is 20.3. The summed E-state index contributed by atoms with van der Waals surface area (Å²) in [6, 6.07) is 0. The molecule has 0 aromatic rings. The Morgan fingerprint density at radius 2 is 1.50 bits per heavy atom. The number of aliphatic hydroxyl groups excluding tert-OH is 2. The van der Waals surface area contributed by atoms with Crippen LogP contribution in [-0.2, 0) is 14.2 Å². The normalized spacial score (nSPS) is 35.9. The molecule has 4 rings (SSSR count). The van der Waals surface area contributed by atoms with Crippen LogP contribution in [0.25, 0.3) is 0 Å². The van der Waals surface area contributed by atoms with Crippen LogP contribution in [-0.4, -0.2) is 79.5 Å². The average molecular weight is 400 g/mol. The monoisotopic (exact) mass is 399 g/mol. The summed E-state index contributed by atoms with van der Waals surface area (Å²) in [6.07, 6.45) is 6.55. The number of hydrogen-bond acceptors (Lipinski definition) is 6. The van der Waals surface area contributed by atoms with E-state index in [2.05, 4.69) is 13.8 Å². The van der Waals surface area contributed by atoms with Crippen molar-refractivity contribution in [3.8, 4) is 0 Å². The third kappa shape index (κ3) is 4.81. The van der Waals surface area contributed by atoms with Gasteiger partial charge in [-0.25, -0.2) is 4.79 Å². The van der Waals surface area contributed by atoms with Gasteiger partial charge in [-0.05, 0) is 55.3 Å². The van der Waals surface area contributed by atoms with Crippen LogP contribution in [0.15, 0.2) is 0 Å². The van der Waals surface area contributed by atoms with Gasteiger partial charge in [-0.3, -0.25) is 0 Å². The van der Waals surface area contributed by atoms with E-state index >= 15 is 0 Å². The highest BCUT2D eigenvalue weighted by Gasteiger charge is 2.62. The van der Waals surface area contributed by atoms with Crippen molar-refractivity contribution in [3.63, 3.8) is 0 Å². The number of rotatable bonds is 11. The second-order valence-electron chi connectivity index (χ2n) is 9.79. The standard InChI is InChI=1S/C21H37NO6/c1-19-11-17-12-20(2,14-19)16-21(13-17,15-19)22(18(25)28-8-5-24)3-6-26-9-10-27-7-4-23/h17,23-24H,3-16H2,1-2H3/t17-,19+,20-,21+. The fourth-order valence-corrected chi connectivity index (χ4v) is 6.96. The number of hydrogen-bond donors (Lipinski definition) is 2. The smallest absolute Gasteiger partial charge is 0.410 e. The molecular weight excluding hydrogens is 362 g/mol. The lowest BCUT2D eigenvalue weighted by Gasteiger charge is -2.67. The predicted molar refractivity (Wildman–Crippen MR) is 104 cm³/mol. The molecule has 0 heterocycles. The van der Waals surface area contributed by atoms with E-state index in [-0.39, 0.29) is 31.5 Å². The number of amides is 1. The van der Waals surface area contributed by atoms with Crippen molar-refractivity contribution in [1.82, 2.24) is 4.90 Å². The topological polar surface area (TPSA) is 88.5 Å². The number of carbonyl (C=O) groups is 1. The summed E-state index contributed by atoms with van der Waals surface area (Å²) in [5, 5.41) is 17.8. The van der Waals surface area contributed by atoms with Crippen LogP contribution in [0.2, 0.25) is 0 Å². The minimum absolute atomic E-state index is 0.00565. The third-order valence-corrected chi connectivity index (χ3v) is 6.77. The minimum atomic E-state index is -0.330. The number of carbonyl (C=O) groups excluding carboxylic acids is 1. The van der Waals surface area contributed by atoms with Gasteiger partial charge >= 0.3 is 6.09 Å². The molecule has 0 unspecified atom stereocenters. The summed E-state index contributed by atoms with van der Waals surface area (Å²) >= 11 is 0. The summed E-state index contributed by atoms with van der Waals surface area (Å²) < 4.78 is 16.2. The first-order valence-corrected chi connectivity index (χ1v) is 10.7. The summed E-state index contributed by atoms with van der Waals surface area (Å²) in [4.78, 5) is 14.8. The van der Waals surface area contributed by atoms with E-state index in [4.69, 9.17) is 24.4 Å². The minimum Gasteiger partial charge on any atom is -0.447 e. The van der Waals surface area contributed by atoms with Gasteiger partial charge in [0.05, 0.1) is 39.6 Å². The fraction of sp³-hybridized carbons (Fsp3) is 0.952. The highest BCUT2D eigenvalue weighted by molar-refractivity contribution is 5.69. The Bertz CT molecular complexity index is 523. The van der Waals surface area contributed by atoms with Gasteiger partial charge in [0.25, 0.3) is 0 Å². The SMILES string of the molecule is C[C@]12C[C@@H]3C[C@](C)(C1)C[C@](N(CCOCCOCCO)C(=O)OCCO)(C3)C2. The fourth-order valence-electron chi connectivity index (χ4n) is 6.96. The highest BCUT2D eigenvalue weighted by Crippen LogP contribution is 2.67. The molecule has 0 spiro atoms. The Hall–Kier alpha value is -0.890.